The van der Waals surface area contributed by atoms with Gasteiger partial charge in [-0.2, -0.15) is 0 Å². The van der Waals surface area contributed by atoms with Crippen LogP contribution in [-0.2, 0) is 16.6 Å². The van der Waals surface area contributed by atoms with E-state index in [1.165, 1.54) is 11.3 Å². The summed E-state index contributed by atoms with van der Waals surface area (Å²) in [6, 6.07) is 6.40. The molecule has 0 amide bonds. The SMILES string of the molecule is Nc1nnc(COc2ccc(S(=O)(=O)NC3CCCC3)cc2)s1. The largest absolute Gasteiger partial charge is 0.486 e. The van der Waals surface area contributed by atoms with Crippen LogP contribution in [0.2, 0.25) is 0 Å². The highest BCUT2D eigenvalue weighted by molar-refractivity contribution is 7.89. The van der Waals surface area contributed by atoms with E-state index in [9.17, 15) is 8.42 Å². The van der Waals surface area contributed by atoms with Gasteiger partial charge >= 0.3 is 0 Å². The monoisotopic (exact) mass is 354 g/mol. The van der Waals surface area contributed by atoms with Crippen LogP contribution in [0.3, 0.4) is 0 Å². The summed E-state index contributed by atoms with van der Waals surface area (Å²) in [6.45, 7) is 0.251. The Hall–Kier alpha value is -1.71. The fourth-order valence-corrected chi connectivity index (χ4v) is 4.34. The van der Waals surface area contributed by atoms with Crippen molar-refractivity contribution < 1.29 is 13.2 Å². The third-order valence-electron chi connectivity index (χ3n) is 3.66. The molecule has 3 N–H and O–H groups in total. The van der Waals surface area contributed by atoms with Crippen LogP contribution in [0.4, 0.5) is 5.13 Å². The second kappa shape index (κ2) is 6.81. The molecular weight excluding hydrogens is 336 g/mol. The van der Waals surface area contributed by atoms with Crippen molar-refractivity contribution in [3.05, 3.63) is 29.3 Å². The normalized spacial score (nSPS) is 15.8. The minimum absolute atomic E-state index is 0.0544. The van der Waals surface area contributed by atoms with Gasteiger partial charge in [0, 0.05) is 6.04 Å². The topological polar surface area (TPSA) is 107 Å². The zero-order valence-electron chi connectivity index (χ0n) is 12.4. The first kappa shape index (κ1) is 16.2. The van der Waals surface area contributed by atoms with Crippen molar-refractivity contribution in [3.8, 4) is 5.75 Å². The van der Waals surface area contributed by atoms with Crippen molar-refractivity contribution in [2.75, 3.05) is 5.73 Å². The lowest BCUT2D eigenvalue weighted by atomic mass is 10.3. The van der Waals surface area contributed by atoms with Crippen LogP contribution in [0.15, 0.2) is 29.2 Å². The predicted molar refractivity (Wildman–Crippen MR) is 87.7 cm³/mol. The number of hydrogen-bond donors (Lipinski definition) is 2. The maximum Gasteiger partial charge on any atom is 0.240 e. The minimum atomic E-state index is -3.47. The molecular formula is C14H18N4O3S2. The summed E-state index contributed by atoms with van der Waals surface area (Å²) in [4.78, 5) is 0.247. The molecule has 1 aromatic carbocycles. The summed E-state index contributed by atoms with van der Waals surface area (Å²) >= 11 is 1.26. The van der Waals surface area contributed by atoms with E-state index in [0.29, 0.717) is 15.9 Å². The number of aromatic nitrogens is 2. The highest BCUT2D eigenvalue weighted by Crippen LogP contribution is 2.22. The molecule has 0 radical (unpaired) electrons. The highest BCUT2D eigenvalue weighted by Gasteiger charge is 2.22. The van der Waals surface area contributed by atoms with Crippen molar-refractivity contribution in [1.29, 1.82) is 0 Å². The van der Waals surface area contributed by atoms with E-state index in [1.54, 1.807) is 24.3 Å². The second-order valence-electron chi connectivity index (χ2n) is 5.40. The Balaban J connectivity index is 1.61. The molecule has 1 aromatic heterocycles. The molecule has 3 rings (SSSR count). The van der Waals surface area contributed by atoms with Gasteiger partial charge in [-0.05, 0) is 37.1 Å². The molecule has 1 saturated carbocycles. The number of sulfonamides is 1. The summed E-state index contributed by atoms with van der Waals surface area (Å²) in [5.41, 5.74) is 5.50. The van der Waals surface area contributed by atoms with Crippen LogP contribution in [0.1, 0.15) is 30.7 Å². The third kappa shape index (κ3) is 4.18. The van der Waals surface area contributed by atoms with Gasteiger partial charge in [-0.1, -0.05) is 24.2 Å². The molecule has 0 atom stereocenters. The smallest absolute Gasteiger partial charge is 0.240 e. The van der Waals surface area contributed by atoms with Crippen molar-refractivity contribution in [2.24, 2.45) is 0 Å². The number of nitrogen functional groups attached to an aromatic ring is 1. The van der Waals surface area contributed by atoms with E-state index in [1.807, 2.05) is 0 Å². The summed E-state index contributed by atoms with van der Waals surface area (Å²) in [5.74, 6) is 0.568. The van der Waals surface area contributed by atoms with Crippen LogP contribution < -0.4 is 15.2 Å². The van der Waals surface area contributed by atoms with Crippen LogP contribution in [0.25, 0.3) is 0 Å². The molecule has 2 aromatic rings. The van der Waals surface area contributed by atoms with E-state index in [0.717, 1.165) is 25.7 Å². The summed E-state index contributed by atoms with van der Waals surface area (Å²) in [6.07, 6.45) is 3.98. The minimum Gasteiger partial charge on any atom is -0.486 e. The van der Waals surface area contributed by atoms with Crippen LogP contribution in [0.5, 0.6) is 5.75 Å². The maximum absolute atomic E-state index is 12.3. The fourth-order valence-electron chi connectivity index (χ4n) is 2.52. The fraction of sp³-hybridized carbons (Fsp3) is 0.429. The van der Waals surface area contributed by atoms with E-state index in [2.05, 4.69) is 14.9 Å². The standard InChI is InChI=1S/C14H18N4O3S2/c15-14-17-16-13(22-14)9-21-11-5-7-12(8-6-11)23(19,20)18-10-3-1-2-4-10/h5-8,10,18H,1-4,9H2,(H2,15,17). The van der Waals surface area contributed by atoms with E-state index in [-0.39, 0.29) is 17.5 Å². The molecule has 124 valence electrons. The Morgan fingerprint density at radius 2 is 1.91 bits per heavy atom. The number of ether oxygens (including phenoxy) is 1. The van der Waals surface area contributed by atoms with Gasteiger partial charge in [0.05, 0.1) is 4.90 Å². The van der Waals surface area contributed by atoms with Gasteiger partial charge < -0.3 is 10.5 Å². The number of anilines is 1. The average Bonchev–Trinajstić information content (AvgIpc) is 3.17. The molecule has 1 fully saturated rings. The molecule has 0 saturated heterocycles. The van der Waals surface area contributed by atoms with Gasteiger partial charge in [0.15, 0.2) is 5.01 Å². The van der Waals surface area contributed by atoms with Crippen LogP contribution in [-0.4, -0.2) is 24.7 Å². The zero-order chi connectivity index (χ0) is 16.3. The summed E-state index contributed by atoms with van der Waals surface area (Å²) in [5, 5.41) is 8.62. The number of nitrogens with one attached hydrogen (secondary N) is 1. The van der Waals surface area contributed by atoms with Gasteiger partial charge in [-0.3, -0.25) is 0 Å². The molecule has 0 bridgehead atoms. The first-order valence-electron chi connectivity index (χ1n) is 7.36. The molecule has 0 unspecified atom stereocenters. The van der Waals surface area contributed by atoms with Gasteiger partial charge in [0.2, 0.25) is 15.2 Å². The van der Waals surface area contributed by atoms with Crippen LogP contribution >= 0.6 is 11.3 Å². The first-order chi connectivity index (χ1) is 11.0. The number of hydrogen-bond acceptors (Lipinski definition) is 7. The van der Waals surface area contributed by atoms with Gasteiger partial charge in [-0.15, -0.1) is 10.2 Å². The molecule has 9 heteroatoms. The molecule has 0 aliphatic heterocycles. The second-order valence-corrected chi connectivity index (χ2v) is 8.20. The Morgan fingerprint density at radius 3 is 2.52 bits per heavy atom. The van der Waals surface area contributed by atoms with Gasteiger partial charge in [-0.25, -0.2) is 13.1 Å². The van der Waals surface area contributed by atoms with Gasteiger partial charge in [0.25, 0.3) is 0 Å². The Kier molecular flexibility index (Phi) is 4.79. The van der Waals surface area contributed by atoms with Gasteiger partial charge in [0.1, 0.15) is 12.4 Å². The molecule has 7 nitrogen and oxygen atoms in total. The van der Waals surface area contributed by atoms with E-state index in [4.69, 9.17) is 10.5 Å². The van der Waals surface area contributed by atoms with Crippen molar-refractivity contribution in [2.45, 2.75) is 43.2 Å². The predicted octanol–water partition coefficient (Wildman–Crippen LogP) is 1.92. The first-order valence-corrected chi connectivity index (χ1v) is 9.66. The van der Waals surface area contributed by atoms with E-state index >= 15 is 0 Å². The van der Waals surface area contributed by atoms with E-state index < -0.39 is 10.0 Å². The lowest BCUT2D eigenvalue weighted by Gasteiger charge is -2.12. The lowest BCUT2D eigenvalue weighted by Crippen LogP contribution is -2.32. The summed E-state index contributed by atoms with van der Waals surface area (Å²) in [7, 11) is -3.47. The van der Waals surface area contributed by atoms with Crippen molar-refractivity contribution in [1.82, 2.24) is 14.9 Å². The quantitative estimate of drug-likeness (QED) is 0.821. The van der Waals surface area contributed by atoms with Crippen LogP contribution in [0, 0.1) is 0 Å². The third-order valence-corrected chi connectivity index (χ3v) is 5.92. The average molecular weight is 354 g/mol. The molecule has 1 aliphatic carbocycles. The zero-order valence-corrected chi connectivity index (χ0v) is 14.1. The summed E-state index contributed by atoms with van der Waals surface area (Å²) < 4.78 is 32.9. The number of benzene rings is 1. The Labute approximate surface area is 138 Å². The van der Waals surface area contributed by atoms with Crippen molar-refractivity contribution >= 4 is 26.5 Å². The highest BCUT2D eigenvalue weighted by atomic mass is 32.2. The molecule has 1 aliphatic rings. The number of rotatable bonds is 6. The molecule has 1 heterocycles. The number of nitrogens with zero attached hydrogens (tertiary/aromatic N) is 2. The number of nitrogens with two attached hydrogens (primary N) is 1. The maximum atomic E-state index is 12.3. The van der Waals surface area contributed by atoms with Crippen molar-refractivity contribution in [3.63, 3.8) is 0 Å². The lowest BCUT2D eigenvalue weighted by molar-refractivity contribution is 0.304. The Bertz CT molecular complexity index is 753. The Morgan fingerprint density at radius 1 is 1.22 bits per heavy atom. The molecule has 23 heavy (non-hydrogen) atoms. The molecule has 0 spiro atoms.